The Hall–Kier alpha value is -1.04. The molecule has 2 fully saturated rings. The first-order valence-corrected chi connectivity index (χ1v) is 6.40. The summed E-state index contributed by atoms with van der Waals surface area (Å²) in [6.45, 7) is 0. The smallest absolute Gasteiger partial charge is 0.306 e. The van der Waals surface area contributed by atoms with Gasteiger partial charge in [0.05, 0.1) is 17.4 Å². The lowest BCUT2D eigenvalue weighted by Gasteiger charge is -2.30. The minimum absolute atomic E-state index is 0.169. The molecule has 2 atom stereocenters. The number of imide groups is 1. The van der Waals surface area contributed by atoms with E-state index in [0.29, 0.717) is 30.8 Å². The van der Waals surface area contributed by atoms with Crippen molar-refractivity contribution in [1.82, 2.24) is 4.90 Å². The normalized spacial score (nSPS) is 30.9. The van der Waals surface area contributed by atoms with Crippen LogP contribution in [0.3, 0.4) is 0 Å². The van der Waals surface area contributed by atoms with Gasteiger partial charge in [-0.2, -0.15) is 0 Å². The van der Waals surface area contributed by atoms with E-state index in [1.807, 2.05) is 0 Å². The highest BCUT2D eigenvalue weighted by molar-refractivity contribution is 8.00. The third kappa shape index (κ3) is 2.07. The summed E-state index contributed by atoms with van der Waals surface area (Å²) in [6, 6.07) is -0.193. The number of carbonyl (C=O) groups excluding carboxylic acids is 2. The lowest BCUT2D eigenvalue weighted by molar-refractivity contribution is -0.146. The number of thioether (sulfide) groups is 1. The van der Waals surface area contributed by atoms with Crippen LogP contribution in [0.4, 0.5) is 0 Å². The first kappa shape index (κ1) is 11.4. The van der Waals surface area contributed by atoms with Crippen LogP contribution in [0.25, 0.3) is 0 Å². The predicted molar refractivity (Wildman–Crippen MR) is 57.9 cm³/mol. The van der Waals surface area contributed by atoms with Crippen LogP contribution in [0.1, 0.15) is 19.3 Å². The molecule has 88 valence electrons. The van der Waals surface area contributed by atoms with Crippen LogP contribution in [-0.4, -0.2) is 45.3 Å². The van der Waals surface area contributed by atoms with Crippen LogP contribution < -0.4 is 0 Å². The average Bonchev–Trinajstić information content (AvgIpc) is 2.66. The molecule has 6 heteroatoms. The Morgan fingerprint density at radius 3 is 2.38 bits per heavy atom. The maximum Gasteiger partial charge on any atom is 0.306 e. The second-order valence-corrected chi connectivity index (χ2v) is 5.14. The van der Waals surface area contributed by atoms with Gasteiger partial charge in [-0.05, 0) is 19.3 Å². The summed E-state index contributed by atoms with van der Waals surface area (Å²) >= 11 is 1.32. The molecule has 2 unspecified atom stereocenters. The van der Waals surface area contributed by atoms with Crippen LogP contribution in [-0.2, 0) is 14.4 Å². The van der Waals surface area contributed by atoms with Gasteiger partial charge in [-0.25, -0.2) is 0 Å². The Labute approximate surface area is 97.2 Å². The van der Waals surface area contributed by atoms with E-state index in [4.69, 9.17) is 5.11 Å². The molecule has 1 heterocycles. The fourth-order valence-corrected chi connectivity index (χ4v) is 3.06. The van der Waals surface area contributed by atoms with Crippen molar-refractivity contribution < 1.29 is 19.5 Å². The second-order valence-electron chi connectivity index (χ2n) is 4.15. The predicted octanol–water partition coefficient (Wildman–Crippen LogP) is 0.342. The van der Waals surface area contributed by atoms with Crippen molar-refractivity contribution in [3.05, 3.63) is 0 Å². The minimum atomic E-state index is -0.825. The van der Waals surface area contributed by atoms with Crippen molar-refractivity contribution in [2.45, 2.75) is 25.3 Å². The second kappa shape index (κ2) is 4.45. The number of rotatable bonds is 2. The van der Waals surface area contributed by atoms with Crippen molar-refractivity contribution in [2.24, 2.45) is 5.92 Å². The summed E-state index contributed by atoms with van der Waals surface area (Å²) in [5.41, 5.74) is 0. The third-order valence-electron chi connectivity index (χ3n) is 3.11. The Kier molecular flexibility index (Phi) is 3.18. The quantitative estimate of drug-likeness (QED) is 0.708. The van der Waals surface area contributed by atoms with Gasteiger partial charge in [-0.1, -0.05) is 0 Å². The zero-order valence-corrected chi connectivity index (χ0v) is 9.53. The van der Waals surface area contributed by atoms with Crippen molar-refractivity contribution in [3.8, 4) is 0 Å². The number of aliphatic carboxylic acids is 1. The number of nitrogens with zero attached hydrogens (tertiary/aromatic N) is 1. The molecule has 0 radical (unpaired) electrons. The highest BCUT2D eigenvalue weighted by atomic mass is 32.2. The minimum Gasteiger partial charge on any atom is -0.481 e. The van der Waals surface area contributed by atoms with Crippen molar-refractivity contribution in [1.29, 1.82) is 0 Å². The molecule has 0 aromatic heterocycles. The average molecular weight is 243 g/mol. The Morgan fingerprint density at radius 2 is 1.88 bits per heavy atom. The zero-order chi connectivity index (χ0) is 11.7. The summed E-state index contributed by atoms with van der Waals surface area (Å²) in [5.74, 6) is -0.900. The van der Waals surface area contributed by atoms with Crippen molar-refractivity contribution in [2.75, 3.05) is 11.5 Å². The van der Waals surface area contributed by atoms with E-state index in [1.165, 1.54) is 16.7 Å². The van der Waals surface area contributed by atoms with Crippen LogP contribution in [0.15, 0.2) is 0 Å². The molecule has 0 bridgehead atoms. The Balaban J connectivity index is 2.05. The van der Waals surface area contributed by atoms with E-state index < -0.39 is 11.9 Å². The molecule has 2 rings (SSSR count). The van der Waals surface area contributed by atoms with E-state index in [9.17, 15) is 14.4 Å². The molecule has 2 aliphatic rings. The number of carboxylic acids is 1. The molecule has 16 heavy (non-hydrogen) atoms. The highest BCUT2D eigenvalue weighted by Crippen LogP contribution is 2.31. The van der Waals surface area contributed by atoms with Crippen molar-refractivity contribution >= 4 is 29.5 Å². The molecule has 1 aliphatic carbocycles. The van der Waals surface area contributed by atoms with E-state index in [0.717, 1.165) is 0 Å². The standard InChI is InChI=1S/C10H13NO4S/c12-8-4-16-5-9(13)11(8)7-2-1-6(3-7)10(14)15/h6-7H,1-5H2,(H,14,15). The molecular weight excluding hydrogens is 230 g/mol. The van der Waals surface area contributed by atoms with Gasteiger partial charge in [-0.15, -0.1) is 11.8 Å². The summed E-state index contributed by atoms with van der Waals surface area (Å²) in [6.07, 6.45) is 1.60. The fraction of sp³-hybridized carbons (Fsp3) is 0.700. The monoisotopic (exact) mass is 243 g/mol. The fourth-order valence-electron chi connectivity index (χ4n) is 2.33. The van der Waals surface area contributed by atoms with Gasteiger partial charge in [-0.3, -0.25) is 19.3 Å². The van der Waals surface area contributed by atoms with E-state index >= 15 is 0 Å². The molecule has 1 N–H and O–H groups in total. The van der Waals surface area contributed by atoms with Crippen LogP contribution in [0.5, 0.6) is 0 Å². The molecule has 5 nitrogen and oxygen atoms in total. The maximum atomic E-state index is 11.6. The Bertz CT molecular complexity index is 328. The van der Waals surface area contributed by atoms with Gasteiger partial charge in [0, 0.05) is 6.04 Å². The molecule has 1 saturated heterocycles. The SMILES string of the molecule is O=C(O)C1CCC(N2C(=O)CSCC2=O)C1. The summed E-state index contributed by atoms with van der Waals surface area (Å²) in [4.78, 5) is 35.3. The number of carbonyl (C=O) groups is 3. The molecule has 0 aromatic rings. The number of hydrogen-bond donors (Lipinski definition) is 1. The topological polar surface area (TPSA) is 74.7 Å². The van der Waals surface area contributed by atoms with Crippen LogP contribution in [0.2, 0.25) is 0 Å². The number of carboxylic acid groups (broad SMARTS) is 1. The van der Waals surface area contributed by atoms with E-state index in [1.54, 1.807) is 0 Å². The molecule has 0 spiro atoms. The lowest BCUT2D eigenvalue weighted by Crippen LogP contribution is -2.48. The van der Waals surface area contributed by atoms with Crippen molar-refractivity contribution in [3.63, 3.8) is 0 Å². The first-order chi connectivity index (χ1) is 7.59. The zero-order valence-electron chi connectivity index (χ0n) is 8.72. The van der Waals surface area contributed by atoms with E-state index in [2.05, 4.69) is 0 Å². The van der Waals surface area contributed by atoms with Gasteiger partial charge in [0.2, 0.25) is 11.8 Å². The molecule has 1 aliphatic heterocycles. The largest absolute Gasteiger partial charge is 0.481 e. The van der Waals surface area contributed by atoms with Gasteiger partial charge < -0.3 is 5.11 Å². The number of hydrogen-bond acceptors (Lipinski definition) is 4. The first-order valence-electron chi connectivity index (χ1n) is 5.25. The summed E-state index contributed by atoms with van der Waals surface area (Å²) in [5, 5.41) is 8.87. The van der Waals surface area contributed by atoms with Gasteiger partial charge >= 0.3 is 5.97 Å². The maximum absolute atomic E-state index is 11.6. The Morgan fingerprint density at radius 1 is 1.25 bits per heavy atom. The van der Waals surface area contributed by atoms with Gasteiger partial charge in [0.15, 0.2) is 0 Å². The van der Waals surface area contributed by atoms with Crippen LogP contribution in [0, 0.1) is 5.92 Å². The highest BCUT2D eigenvalue weighted by Gasteiger charge is 2.39. The summed E-state index contributed by atoms with van der Waals surface area (Å²) in [7, 11) is 0. The molecule has 1 saturated carbocycles. The molecule has 0 aromatic carbocycles. The van der Waals surface area contributed by atoms with Gasteiger partial charge in [0.1, 0.15) is 0 Å². The molecular formula is C10H13NO4S. The lowest BCUT2D eigenvalue weighted by atomic mass is 10.1. The summed E-state index contributed by atoms with van der Waals surface area (Å²) < 4.78 is 0. The van der Waals surface area contributed by atoms with E-state index in [-0.39, 0.29) is 17.9 Å². The molecule has 2 amide bonds. The number of amides is 2. The van der Waals surface area contributed by atoms with Gasteiger partial charge in [0.25, 0.3) is 0 Å². The third-order valence-corrected chi connectivity index (χ3v) is 4.01. The van der Waals surface area contributed by atoms with Crippen LogP contribution >= 0.6 is 11.8 Å².